The van der Waals surface area contributed by atoms with Crippen molar-refractivity contribution in [1.82, 2.24) is 0 Å². The summed E-state index contributed by atoms with van der Waals surface area (Å²) in [5.41, 5.74) is 0.549. The predicted molar refractivity (Wildman–Crippen MR) is 61.8 cm³/mol. The molecule has 0 amide bonds. The van der Waals surface area contributed by atoms with Crippen LogP contribution >= 0.6 is 27.5 Å². The quantitative estimate of drug-likeness (QED) is 0.896. The smallest absolute Gasteiger partial charge is 0.322 e. The highest BCUT2D eigenvalue weighted by Crippen LogP contribution is 2.34. The maximum Gasteiger partial charge on any atom is 0.322 e. The summed E-state index contributed by atoms with van der Waals surface area (Å²) in [7, 11) is 1.50. The number of rotatable bonds is 4. The Morgan fingerprint density at radius 1 is 1.67 bits per heavy atom. The third-order valence-corrected chi connectivity index (χ3v) is 2.87. The molecule has 0 aliphatic carbocycles. The summed E-state index contributed by atoms with van der Waals surface area (Å²) in [6.45, 7) is -0.186. The number of ether oxygens (including phenoxy) is 1. The summed E-state index contributed by atoms with van der Waals surface area (Å²) in [4.78, 5) is 10.4. The van der Waals surface area contributed by atoms with Crippen molar-refractivity contribution >= 4 is 39.2 Å². The van der Waals surface area contributed by atoms with E-state index in [1.807, 2.05) is 0 Å². The van der Waals surface area contributed by atoms with Crippen molar-refractivity contribution in [3.63, 3.8) is 0 Å². The molecule has 0 aliphatic rings. The minimum Gasteiger partial charge on any atom is -0.495 e. The molecule has 1 aromatic carbocycles. The van der Waals surface area contributed by atoms with Crippen molar-refractivity contribution in [3.8, 4) is 5.75 Å². The fourth-order valence-corrected chi connectivity index (χ4v) is 1.49. The second kappa shape index (κ2) is 5.23. The molecule has 1 aromatic rings. The van der Waals surface area contributed by atoms with Gasteiger partial charge in [-0.2, -0.15) is 0 Å². The molecule has 0 spiro atoms. The van der Waals surface area contributed by atoms with E-state index in [-0.39, 0.29) is 6.54 Å². The number of halogens is 2. The van der Waals surface area contributed by atoms with E-state index in [1.165, 1.54) is 7.11 Å². The number of benzene rings is 1. The first-order valence-corrected chi connectivity index (χ1v) is 5.20. The topological polar surface area (TPSA) is 58.6 Å². The first-order valence-electron chi connectivity index (χ1n) is 4.03. The van der Waals surface area contributed by atoms with Crippen LogP contribution in [0.1, 0.15) is 0 Å². The minimum absolute atomic E-state index is 0.186. The largest absolute Gasteiger partial charge is 0.495 e. The number of carboxylic acid groups (broad SMARTS) is 1. The van der Waals surface area contributed by atoms with Gasteiger partial charge in [-0.1, -0.05) is 11.6 Å². The molecular weight excluding hydrogens is 285 g/mol. The SMILES string of the molecule is COc1cc(Br)c(Cl)cc1NCC(=O)O. The lowest BCUT2D eigenvalue weighted by Crippen LogP contribution is -2.12. The summed E-state index contributed by atoms with van der Waals surface area (Å²) in [6, 6.07) is 3.28. The lowest BCUT2D eigenvalue weighted by Gasteiger charge is -2.10. The van der Waals surface area contributed by atoms with Crippen LogP contribution in [0.4, 0.5) is 5.69 Å². The fraction of sp³-hybridized carbons (Fsp3) is 0.222. The van der Waals surface area contributed by atoms with E-state index in [0.717, 1.165) is 0 Å². The Labute approximate surface area is 100 Å². The van der Waals surface area contributed by atoms with Crippen molar-refractivity contribution in [1.29, 1.82) is 0 Å². The second-order valence-corrected chi connectivity index (χ2v) is 3.98. The zero-order chi connectivity index (χ0) is 11.4. The highest BCUT2D eigenvalue weighted by atomic mass is 79.9. The van der Waals surface area contributed by atoms with Gasteiger partial charge < -0.3 is 15.2 Å². The number of methoxy groups -OCH3 is 1. The standard InChI is InChI=1S/C9H9BrClNO3/c1-15-8-2-5(10)6(11)3-7(8)12-4-9(13)14/h2-3,12H,4H2,1H3,(H,13,14). The van der Waals surface area contributed by atoms with Crippen LogP contribution in [0.3, 0.4) is 0 Å². The summed E-state index contributed by atoms with van der Waals surface area (Å²) in [5, 5.41) is 11.7. The van der Waals surface area contributed by atoms with Crippen molar-refractivity contribution in [3.05, 3.63) is 21.6 Å². The van der Waals surface area contributed by atoms with Crippen LogP contribution in [0, 0.1) is 0 Å². The zero-order valence-corrected chi connectivity index (χ0v) is 10.2. The van der Waals surface area contributed by atoms with Gasteiger partial charge in [-0.15, -0.1) is 0 Å². The van der Waals surface area contributed by atoms with Gasteiger partial charge in [-0.3, -0.25) is 4.79 Å². The Kier molecular flexibility index (Phi) is 4.23. The molecular formula is C9H9BrClNO3. The monoisotopic (exact) mass is 293 g/mol. The van der Waals surface area contributed by atoms with Crippen molar-refractivity contribution in [2.24, 2.45) is 0 Å². The van der Waals surface area contributed by atoms with Gasteiger partial charge >= 0.3 is 5.97 Å². The number of nitrogens with one attached hydrogen (secondary N) is 1. The predicted octanol–water partition coefficient (Wildman–Crippen LogP) is 2.61. The van der Waals surface area contributed by atoms with Crippen LogP contribution in [0.2, 0.25) is 5.02 Å². The van der Waals surface area contributed by atoms with Gasteiger partial charge in [-0.05, 0) is 28.1 Å². The van der Waals surface area contributed by atoms with Gasteiger partial charge in [0.05, 0.1) is 17.8 Å². The molecule has 0 heterocycles. The average Bonchev–Trinajstić information content (AvgIpc) is 2.19. The molecule has 1 rings (SSSR count). The van der Waals surface area contributed by atoms with E-state index < -0.39 is 5.97 Å². The number of aliphatic carboxylic acids is 1. The van der Waals surface area contributed by atoms with Crippen molar-refractivity contribution in [2.75, 3.05) is 19.0 Å². The Morgan fingerprint density at radius 3 is 2.87 bits per heavy atom. The average molecular weight is 295 g/mol. The van der Waals surface area contributed by atoms with Gasteiger partial charge in [-0.25, -0.2) is 0 Å². The molecule has 6 heteroatoms. The maximum absolute atomic E-state index is 10.4. The first-order chi connectivity index (χ1) is 7.04. The van der Waals surface area contributed by atoms with Crippen LogP contribution in [0.25, 0.3) is 0 Å². The molecule has 2 N–H and O–H groups in total. The first kappa shape index (κ1) is 12.1. The normalized spacial score (nSPS) is 9.80. The van der Waals surface area contributed by atoms with E-state index in [9.17, 15) is 4.79 Å². The van der Waals surface area contributed by atoms with Gasteiger partial charge in [0, 0.05) is 4.47 Å². The molecule has 0 bridgehead atoms. The van der Waals surface area contributed by atoms with Gasteiger partial charge in [0.15, 0.2) is 0 Å². The number of hydrogen-bond donors (Lipinski definition) is 2. The lowest BCUT2D eigenvalue weighted by atomic mass is 10.3. The van der Waals surface area contributed by atoms with E-state index in [2.05, 4.69) is 21.2 Å². The Balaban J connectivity index is 2.94. The van der Waals surface area contributed by atoms with Crippen molar-refractivity contribution < 1.29 is 14.6 Å². The highest BCUT2D eigenvalue weighted by molar-refractivity contribution is 9.10. The number of anilines is 1. The van der Waals surface area contributed by atoms with E-state index in [1.54, 1.807) is 12.1 Å². The van der Waals surface area contributed by atoms with Crippen LogP contribution in [0.5, 0.6) is 5.75 Å². The molecule has 15 heavy (non-hydrogen) atoms. The lowest BCUT2D eigenvalue weighted by molar-refractivity contribution is -0.134. The van der Waals surface area contributed by atoms with E-state index >= 15 is 0 Å². The van der Waals surface area contributed by atoms with Gasteiger partial charge in [0.2, 0.25) is 0 Å². The summed E-state index contributed by atoms with van der Waals surface area (Å²) < 4.78 is 5.77. The third-order valence-electron chi connectivity index (χ3n) is 1.67. The fourth-order valence-electron chi connectivity index (χ4n) is 1.01. The third kappa shape index (κ3) is 3.28. The van der Waals surface area contributed by atoms with Gasteiger partial charge in [0.1, 0.15) is 12.3 Å². The Bertz CT molecular complexity index is 384. The molecule has 0 saturated heterocycles. The second-order valence-electron chi connectivity index (χ2n) is 2.71. The summed E-state index contributed by atoms with van der Waals surface area (Å²) in [6.07, 6.45) is 0. The molecule has 82 valence electrons. The van der Waals surface area contributed by atoms with Crippen LogP contribution in [0.15, 0.2) is 16.6 Å². The van der Waals surface area contributed by atoms with Crippen LogP contribution in [-0.2, 0) is 4.79 Å². The number of hydrogen-bond acceptors (Lipinski definition) is 3. The van der Waals surface area contributed by atoms with Gasteiger partial charge in [0.25, 0.3) is 0 Å². The number of carboxylic acids is 1. The molecule has 0 fully saturated rings. The highest BCUT2D eigenvalue weighted by Gasteiger charge is 2.08. The minimum atomic E-state index is -0.948. The zero-order valence-electron chi connectivity index (χ0n) is 7.88. The summed E-state index contributed by atoms with van der Waals surface area (Å²) >= 11 is 9.11. The van der Waals surface area contributed by atoms with E-state index in [0.29, 0.717) is 20.9 Å². The Morgan fingerprint density at radius 2 is 2.33 bits per heavy atom. The Hall–Kier alpha value is -0.940. The summed E-state index contributed by atoms with van der Waals surface area (Å²) in [5.74, 6) is -0.413. The van der Waals surface area contributed by atoms with Crippen molar-refractivity contribution in [2.45, 2.75) is 0 Å². The number of carbonyl (C=O) groups is 1. The molecule has 0 unspecified atom stereocenters. The molecule has 0 atom stereocenters. The molecule has 4 nitrogen and oxygen atoms in total. The van der Waals surface area contributed by atoms with E-state index in [4.69, 9.17) is 21.4 Å². The van der Waals surface area contributed by atoms with Crippen LogP contribution < -0.4 is 10.1 Å². The molecule has 0 aliphatic heterocycles. The molecule has 0 aromatic heterocycles. The molecule has 0 radical (unpaired) electrons. The van der Waals surface area contributed by atoms with Crippen LogP contribution in [-0.4, -0.2) is 24.7 Å². The molecule has 0 saturated carbocycles. The maximum atomic E-state index is 10.4.